The molecule has 0 unspecified atom stereocenters. The van der Waals surface area contributed by atoms with Crippen LogP contribution >= 0.6 is 0 Å². The molecule has 1 fully saturated rings. The molecule has 1 rings (SSSR count). The molecule has 0 aliphatic carbocycles. The standard InChI is InChI=1S/C4H20N4Si4/c1-5-9-6(2)11-8(4)12-7(3)10-5/h9-12H2,1-4H3. The van der Waals surface area contributed by atoms with Crippen LogP contribution in [0, 0.1) is 0 Å². The van der Waals surface area contributed by atoms with Gasteiger partial charge in [0.25, 0.3) is 0 Å². The van der Waals surface area contributed by atoms with Gasteiger partial charge < -0.3 is 16.9 Å². The summed E-state index contributed by atoms with van der Waals surface area (Å²) >= 11 is 0. The summed E-state index contributed by atoms with van der Waals surface area (Å²) in [5.41, 5.74) is 0. The molecule has 0 aromatic rings. The molecule has 0 bridgehead atoms. The van der Waals surface area contributed by atoms with Crippen molar-refractivity contribution in [3.63, 3.8) is 0 Å². The maximum atomic E-state index is 2.66. The van der Waals surface area contributed by atoms with E-state index >= 15 is 0 Å². The Labute approximate surface area is 84.8 Å². The monoisotopic (exact) mass is 236 g/mol. The zero-order valence-corrected chi connectivity index (χ0v) is 14.3. The quantitative estimate of drug-likeness (QED) is 0.395. The van der Waals surface area contributed by atoms with Gasteiger partial charge in [-0.2, -0.15) is 0 Å². The molecule has 0 N–H and O–H groups in total. The van der Waals surface area contributed by atoms with Gasteiger partial charge in [-0.3, -0.25) is 0 Å². The molecule has 4 nitrogen and oxygen atoms in total. The molecule has 8 heteroatoms. The fourth-order valence-corrected chi connectivity index (χ4v) is 18.1. The van der Waals surface area contributed by atoms with Gasteiger partial charge in [-0.25, -0.2) is 0 Å². The molecule has 0 atom stereocenters. The lowest BCUT2D eigenvalue weighted by Crippen LogP contribution is -2.57. The van der Waals surface area contributed by atoms with Gasteiger partial charge in [0, 0.05) is 0 Å². The average molecular weight is 237 g/mol. The van der Waals surface area contributed by atoms with Crippen LogP contribution in [0.5, 0.6) is 0 Å². The molecule has 1 aliphatic rings. The highest BCUT2D eigenvalue weighted by Gasteiger charge is 2.15. The first-order valence-corrected chi connectivity index (χ1v) is 9.38. The van der Waals surface area contributed by atoms with Gasteiger partial charge in [-0.1, -0.05) is 0 Å². The van der Waals surface area contributed by atoms with Crippen LogP contribution in [-0.4, -0.2) is 84.5 Å². The highest BCUT2D eigenvalue weighted by Crippen LogP contribution is 1.91. The van der Waals surface area contributed by atoms with Crippen molar-refractivity contribution in [2.24, 2.45) is 0 Å². The molecule has 0 saturated carbocycles. The van der Waals surface area contributed by atoms with E-state index in [1.54, 1.807) is 0 Å². The Balaban J connectivity index is 2.45. The molecular formula is C4H20N4Si4. The summed E-state index contributed by atoms with van der Waals surface area (Å²) in [5.74, 6) is 0. The van der Waals surface area contributed by atoms with Crippen molar-refractivity contribution in [3.05, 3.63) is 0 Å². The molecule has 72 valence electrons. The summed E-state index contributed by atoms with van der Waals surface area (Å²) in [5, 5.41) is 0. The number of hydrogen-bond donors (Lipinski definition) is 0. The van der Waals surface area contributed by atoms with Crippen LogP contribution in [0.1, 0.15) is 0 Å². The Hall–Kier alpha value is 0.708. The van der Waals surface area contributed by atoms with Crippen LogP contribution in [0.2, 0.25) is 0 Å². The first-order valence-electron chi connectivity index (χ1n) is 4.32. The van der Waals surface area contributed by atoms with Crippen LogP contribution in [0.3, 0.4) is 0 Å². The lowest BCUT2D eigenvalue weighted by Gasteiger charge is -2.35. The van der Waals surface area contributed by atoms with Gasteiger partial charge in [-0.05, 0) is 28.2 Å². The summed E-state index contributed by atoms with van der Waals surface area (Å²) < 4.78 is 10.6. The summed E-state index contributed by atoms with van der Waals surface area (Å²) in [6, 6.07) is 0. The largest absolute Gasteiger partial charge is 0.335 e. The fraction of sp³-hybridized carbons (Fsp3) is 1.00. The van der Waals surface area contributed by atoms with Gasteiger partial charge in [0.1, 0.15) is 0 Å². The highest BCUT2D eigenvalue weighted by atomic mass is 28.4. The zero-order valence-electron chi connectivity index (χ0n) is 8.62. The normalized spacial score (nSPS) is 35.0. The predicted molar refractivity (Wildman–Crippen MR) is 65.2 cm³/mol. The number of hydrogen-bond acceptors (Lipinski definition) is 4. The molecule has 1 aliphatic heterocycles. The highest BCUT2D eigenvalue weighted by molar-refractivity contribution is 6.64. The Morgan fingerprint density at radius 2 is 0.667 bits per heavy atom. The molecule has 0 aromatic carbocycles. The summed E-state index contributed by atoms with van der Waals surface area (Å²) in [7, 11) is 9.14. The Bertz CT molecular complexity index is 107. The second kappa shape index (κ2) is 4.81. The van der Waals surface area contributed by atoms with E-state index in [1.807, 2.05) is 0 Å². The molecule has 1 saturated heterocycles. The second-order valence-corrected chi connectivity index (χ2v) is 17.3. The first kappa shape index (κ1) is 10.8. The van der Waals surface area contributed by atoms with Gasteiger partial charge in [0.2, 0.25) is 0 Å². The number of nitrogens with zero attached hydrogens (tertiary/aromatic N) is 4. The van der Waals surface area contributed by atoms with Crippen LogP contribution in [0.25, 0.3) is 0 Å². The molecule has 0 aromatic heterocycles. The zero-order chi connectivity index (χ0) is 9.14. The van der Waals surface area contributed by atoms with E-state index in [-0.39, 0.29) is 39.4 Å². The van der Waals surface area contributed by atoms with Crippen LogP contribution < -0.4 is 0 Å². The third-order valence-electron chi connectivity index (χ3n) is 1.93. The fourth-order valence-electron chi connectivity index (χ4n) is 1.83. The van der Waals surface area contributed by atoms with E-state index in [4.69, 9.17) is 0 Å². The minimum absolute atomic E-state index is 0.0343. The van der Waals surface area contributed by atoms with Crippen LogP contribution in [0.15, 0.2) is 0 Å². The minimum atomic E-state index is -0.0343. The topological polar surface area (TPSA) is 13.0 Å². The Kier molecular flexibility index (Phi) is 4.32. The van der Waals surface area contributed by atoms with E-state index in [0.717, 1.165) is 0 Å². The van der Waals surface area contributed by atoms with Gasteiger partial charge in [0.05, 0.1) is 0 Å². The van der Waals surface area contributed by atoms with Crippen molar-refractivity contribution >= 4 is 39.4 Å². The third-order valence-corrected chi connectivity index (χ3v) is 10.6. The molecule has 0 spiro atoms. The van der Waals surface area contributed by atoms with E-state index in [1.165, 1.54) is 0 Å². The molecule has 0 radical (unpaired) electrons. The second-order valence-electron chi connectivity index (χ2n) is 3.99. The lowest BCUT2D eigenvalue weighted by atomic mass is 11.6. The summed E-state index contributed by atoms with van der Waals surface area (Å²) in [4.78, 5) is 0. The average Bonchev–Trinajstić information content (AvgIpc) is 1.81. The Morgan fingerprint density at radius 3 is 0.833 bits per heavy atom. The Morgan fingerprint density at radius 1 is 0.500 bits per heavy atom. The minimum Gasteiger partial charge on any atom is -0.335 e. The molecule has 0 amide bonds. The van der Waals surface area contributed by atoms with Crippen LogP contribution in [0.4, 0.5) is 0 Å². The maximum absolute atomic E-state index is 2.66. The van der Waals surface area contributed by atoms with Gasteiger partial charge >= 0.3 is 0 Å². The van der Waals surface area contributed by atoms with E-state index in [9.17, 15) is 0 Å². The van der Waals surface area contributed by atoms with Crippen molar-refractivity contribution < 1.29 is 0 Å². The smallest absolute Gasteiger partial charge is 0.160 e. The van der Waals surface area contributed by atoms with Crippen molar-refractivity contribution in [2.45, 2.75) is 0 Å². The molecular weight excluding hydrogens is 216 g/mol. The maximum Gasteiger partial charge on any atom is 0.160 e. The molecule has 1 heterocycles. The molecule has 12 heavy (non-hydrogen) atoms. The third kappa shape index (κ3) is 3.61. The van der Waals surface area contributed by atoms with Gasteiger partial charge in [0.15, 0.2) is 39.4 Å². The van der Waals surface area contributed by atoms with E-state index in [2.05, 4.69) is 45.1 Å². The number of rotatable bonds is 0. The van der Waals surface area contributed by atoms with Crippen molar-refractivity contribution in [1.29, 1.82) is 0 Å². The van der Waals surface area contributed by atoms with Crippen LogP contribution in [-0.2, 0) is 0 Å². The SMILES string of the molecule is CN1[SiH2]N(C)[SiH2]N(C)[SiH2]N(C)[SiH2]1. The van der Waals surface area contributed by atoms with E-state index < -0.39 is 0 Å². The summed E-state index contributed by atoms with van der Waals surface area (Å²) in [6.45, 7) is 0. The first-order chi connectivity index (χ1) is 5.58. The predicted octanol–water partition coefficient (Wildman–Crippen LogP) is -4.28. The van der Waals surface area contributed by atoms with Gasteiger partial charge in [-0.15, -0.1) is 0 Å². The van der Waals surface area contributed by atoms with Crippen molar-refractivity contribution in [3.8, 4) is 0 Å². The van der Waals surface area contributed by atoms with Crippen molar-refractivity contribution in [2.75, 3.05) is 28.2 Å². The summed E-state index contributed by atoms with van der Waals surface area (Å²) in [6.07, 6.45) is 0. The van der Waals surface area contributed by atoms with Crippen molar-refractivity contribution in [1.82, 2.24) is 16.9 Å². The van der Waals surface area contributed by atoms with E-state index in [0.29, 0.717) is 0 Å². The lowest BCUT2D eigenvalue weighted by molar-refractivity contribution is 0.600.